The van der Waals surface area contributed by atoms with Crippen molar-refractivity contribution in [1.29, 1.82) is 0 Å². The molecular weight excluding hydrogens is 510 g/mol. The van der Waals surface area contributed by atoms with Crippen molar-refractivity contribution < 1.29 is 19.2 Å². The van der Waals surface area contributed by atoms with Gasteiger partial charge < -0.3 is 19.8 Å². The molecule has 1 amide bonds. The summed E-state index contributed by atoms with van der Waals surface area (Å²) in [7, 11) is 5.29. The number of likely N-dealkylation sites (N-methyl/N-ethyl adjacent to an activating group) is 1. The lowest BCUT2D eigenvalue weighted by molar-refractivity contribution is -0.112. The van der Waals surface area contributed by atoms with Gasteiger partial charge in [0, 0.05) is 30.5 Å². The first-order chi connectivity index (χ1) is 19.0. The van der Waals surface area contributed by atoms with Gasteiger partial charge in [-0.2, -0.15) is 0 Å². The average Bonchev–Trinajstić information content (AvgIpc) is 2.96. The summed E-state index contributed by atoms with van der Waals surface area (Å²) >= 11 is 1.55. The van der Waals surface area contributed by atoms with E-state index in [1.807, 2.05) is 20.2 Å². The van der Waals surface area contributed by atoms with Gasteiger partial charge in [0.05, 0.1) is 11.6 Å². The van der Waals surface area contributed by atoms with Gasteiger partial charge in [-0.3, -0.25) is 14.5 Å². The molecule has 1 saturated heterocycles. The number of aryl methyl sites for hydroxylation is 1. The highest BCUT2D eigenvalue weighted by molar-refractivity contribution is 7.99. The summed E-state index contributed by atoms with van der Waals surface area (Å²) in [5, 5.41) is 2.75. The summed E-state index contributed by atoms with van der Waals surface area (Å²) in [5.41, 5.74) is 3.27. The molecule has 0 spiro atoms. The third kappa shape index (κ3) is 10.7. The minimum atomic E-state index is -0.710. The number of amides is 1. The van der Waals surface area contributed by atoms with Crippen molar-refractivity contribution in [2.24, 2.45) is 0 Å². The first-order valence-electron chi connectivity index (χ1n) is 13.7. The molecule has 0 aliphatic carbocycles. The number of rotatable bonds is 14. The molecule has 3 rings (SSSR count). The summed E-state index contributed by atoms with van der Waals surface area (Å²) < 4.78 is 0. The Morgan fingerprint density at radius 2 is 1.69 bits per heavy atom. The SMILES string of the molecule is CN(C(=O)c1c(C=O)cccc1SCCCc1ccc(CN2CCCCC2)cc1)C(C=O)CCC=O.CNC. The van der Waals surface area contributed by atoms with E-state index in [1.54, 1.807) is 23.9 Å². The standard InChI is InChI=1S/C29H36N2O4S.C2H7N/c1-30(26(22-34)10-6-18-32)29(35)28-25(21-33)9-5-11-27(28)36-19-7-8-23-12-14-24(15-13-23)20-31-16-3-2-4-17-31;1-3-2/h5,9,11-15,18,21-22,26H,2-4,6-8,10,16-17,19-20H2,1H3;3H,1-2H3. The Balaban J connectivity index is 0.00000170. The molecule has 8 heteroatoms. The lowest BCUT2D eigenvalue weighted by atomic mass is 10.1. The quantitative estimate of drug-likeness (QED) is 0.207. The maximum absolute atomic E-state index is 13.2. The highest BCUT2D eigenvalue weighted by Crippen LogP contribution is 2.28. The van der Waals surface area contributed by atoms with E-state index in [0.29, 0.717) is 23.7 Å². The highest BCUT2D eigenvalue weighted by atomic mass is 32.2. The number of piperidine rings is 1. The molecule has 1 heterocycles. The summed E-state index contributed by atoms with van der Waals surface area (Å²) in [6.07, 6.45) is 8.35. The lowest BCUT2D eigenvalue weighted by Gasteiger charge is -2.26. The molecular formula is C31H43N3O4S. The fraction of sp³-hybridized carbons (Fsp3) is 0.484. The van der Waals surface area contributed by atoms with E-state index in [9.17, 15) is 19.2 Å². The van der Waals surface area contributed by atoms with E-state index in [0.717, 1.165) is 36.3 Å². The van der Waals surface area contributed by atoms with E-state index in [2.05, 4.69) is 34.5 Å². The summed E-state index contributed by atoms with van der Waals surface area (Å²) in [6, 6.07) is 13.4. The Hall–Kier alpha value is -2.81. The molecule has 1 atom stereocenters. The second-order valence-corrected chi connectivity index (χ2v) is 10.9. The van der Waals surface area contributed by atoms with Crippen LogP contribution in [-0.2, 0) is 22.6 Å². The first-order valence-corrected chi connectivity index (χ1v) is 14.7. The largest absolute Gasteiger partial charge is 0.332 e. The first kappa shape index (κ1) is 32.4. The number of nitrogens with zero attached hydrogens (tertiary/aromatic N) is 2. The third-order valence-electron chi connectivity index (χ3n) is 6.70. The van der Waals surface area contributed by atoms with Crippen molar-refractivity contribution in [3.05, 3.63) is 64.7 Å². The van der Waals surface area contributed by atoms with Crippen molar-refractivity contribution in [1.82, 2.24) is 15.1 Å². The van der Waals surface area contributed by atoms with Crippen molar-refractivity contribution >= 4 is 36.5 Å². The van der Waals surface area contributed by atoms with Crippen LogP contribution in [0, 0.1) is 0 Å². The molecule has 39 heavy (non-hydrogen) atoms. The fourth-order valence-corrected chi connectivity index (χ4v) is 5.59. The van der Waals surface area contributed by atoms with Crippen LogP contribution >= 0.6 is 11.8 Å². The summed E-state index contributed by atoms with van der Waals surface area (Å²) in [5.74, 6) is 0.414. The number of carbonyl (C=O) groups is 4. The molecule has 1 unspecified atom stereocenters. The van der Waals surface area contributed by atoms with Crippen LogP contribution in [-0.4, -0.2) is 80.6 Å². The Morgan fingerprint density at radius 3 is 2.31 bits per heavy atom. The number of carbonyl (C=O) groups excluding carboxylic acids is 4. The fourth-order valence-electron chi connectivity index (χ4n) is 4.56. The number of benzene rings is 2. The van der Waals surface area contributed by atoms with Crippen LogP contribution in [0.3, 0.4) is 0 Å². The zero-order valence-electron chi connectivity index (χ0n) is 23.6. The molecule has 0 radical (unpaired) electrons. The van der Waals surface area contributed by atoms with Gasteiger partial charge in [0.15, 0.2) is 6.29 Å². The summed E-state index contributed by atoms with van der Waals surface area (Å²) in [6.45, 7) is 3.41. The van der Waals surface area contributed by atoms with Crippen LogP contribution in [0.2, 0.25) is 0 Å². The Bertz CT molecular complexity index is 1040. The van der Waals surface area contributed by atoms with E-state index in [1.165, 1.54) is 55.4 Å². The molecule has 0 aromatic heterocycles. The van der Waals surface area contributed by atoms with Gasteiger partial charge in [0.1, 0.15) is 12.6 Å². The normalized spacial score (nSPS) is 14.0. The summed E-state index contributed by atoms with van der Waals surface area (Å²) in [4.78, 5) is 51.7. The van der Waals surface area contributed by atoms with Gasteiger partial charge in [-0.25, -0.2) is 0 Å². The maximum Gasteiger partial charge on any atom is 0.256 e. The van der Waals surface area contributed by atoms with Gasteiger partial charge in [0.25, 0.3) is 5.91 Å². The number of hydrogen-bond donors (Lipinski definition) is 1. The van der Waals surface area contributed by atoms with Crippen LogP contribution in [0.5, 0.6) is 0 Å². The second-order valence-electron chi connectivity index (χ2n) is 9.81. The monoisotopic (exact) mass is 553 g/mol. The molecule has 2 aromatic rings. The molecule has 1 aliphatic rings. The van der Waals surface area contributed by atoms with Gasteiger partial charge >= 0.3 is 0 Å². The van der Waals surface area contributed by atoms with Crippen LogP contribution in [0.15, 0.2) is 47.4 Å². The highest BCUT2D eigenvalue weighted by Gasteiger charge is 2.25. The predicted molar refractivity (Wildman–Crippen MR) is 159 cm³/mol. The number of aldehydes is 3. The maximum atomic E-state index is 13.2. The smallest absolute Gasteiger partial charge is 0.256 e. The van der Waals surface area contributed by atoms with Crippen LogP contribution in [0.1, 0.15) is 70.4 Å². The average molecular weight is 554 g/mol. The zero-order chi connectivity index (χ0) is 28.5. The third-order valence-corrected chi connectivity index (χ3v) is 7.84. The number of likely N-dealkylation sites (tertiary alicyclic amines) is 1. The van der Waals surface area contributed by atoms with Crippen molar-refractivity contribution in [2.45, 2.75) is 62.4 Å². The molecule has 0 bridgehead atoms. The van der Waals surface area contributed by atoms with Crippen LogP contribution < -0.4 is 5.32 Å². The molecule has 1 aliphatic heterocycles. The number of hydrogen-bond acceptors (Lipinski definition) is 7. The molecule has 212 valence electrons. The van der Waals surface area contributed by atoms with E-state index in [4.69, 9.17) is 0 Å². The van der Waals surface area contributed by atoms with E-state index < -0.39 is 6.04 Å². The Morgan fingerprint density at radius 1 is 1.03 bits per heavy atom. The van der Waals surface area contributed by atoms with Gasteiger partial charge in [-0.15, -0.1) is 11.8 Å². The molecule has 0 saturated carbocycles. The van der Waals surface area contributed by atoms with Crippen molar-refractivity contribution in [2.75, 3.05) is 40.0 Å². The second kappa shape index (κ2) is 18.5. The van der Waals surface area contributed by atoms with E-state index >= 15 is 0 Å². The van der Waals surface area contributed by atoms with Crippen molar-refractivity contribution in [3.63, 3.8) is 0 Å². The van der Waals surface area contributed by atoms with Gasteiger partial charge in [-0.1, -0.05) is 42.8 Å². The van der Waals surface area contributed by atoms with Gasteiger partial charge in [-0.05, 0) is 82.2 Å². The number of nitrogens with one attached hydrogen (secondary N) is 1. The predicted octanol–water partition coefficient (Wildman–Crippen LogP) is 4.66. The van der Waals surface area contributed by atoms with Gasteiger partial charge in [0.2, 0.25) is 0 Å². The van der Waals surface area contributed by atoms with Crippen LogP contribution in [0.25, 0.3) is 0 Å². The van der Waals surface area contributed by atoms with Crippen LogP contribution in [0.4, 0.5) is 0 Å². The van der Waals surface area contributed by atoms with Crippen molar-refractivity contribution in [3.8, 4) is 0 Å². The minimum Gasteiger partial charge on any atom is -0.332 e. The minimum absolute atomic E-state index is 0.192. The molecule has 7 nitrogen and oxygen atoms in total. The lowest BCUT2D eigenvalue weighted by Crippen LogP contribution is -2.39. The molecule has 1 N–H and O–H groups in total. The Labute approximate surface area is 237 Å². The van der Waals surface area contributed by atoms with E-state index in [-0.39, 0.29) is 18.7 Å². The zero-order valence-corrected chi connectivity index (χ0v) is 24.4. The topological polar surface area (TPSA) is 86.8 Å². The Kier molecular flexibility index (Phi) is 15.3. The molecule has 1 fully saturated rings. The number of thioether (sulfide) groups is 1. The molecule has 2 aromatic carbocycles.